The summed E-state index contributed by atoms with van der Waals surface area (Å²) in [6, 6.07) is 0.315. The van der Waals surface area contributed by atoms with Crippen molar-refractivity contribution in [2.75, 3.05) is 7.11 Å². The summed E-state index contributed by atoms with van der Waals surface area (Å²) in [4.78, 5) is 11.2. The monoisotopic (exact) mass is 227 g/mol. The Hall–Kier alpha value is -0.610. The summed E-state index contributed by atoms with van der Waals surface area (Å²) in [7, 11) is 1.74. The zero-order valence-corrected chi connectivity index (χ0v) is 9.87. The first-order chi connectivity index (χ1) is 7.66. The molecule has 16 heavy (non-hydrogen) atoms. The number of hydrogen-bond donors (Lipinski definition) is 2. The van der Waals surface area contributed by atoms with Crippen LogP contribution < -0.4 is 5.32 Å². The minimum atomic E-state index is -0.682. The van der Waals surface area contributed by atoms with E-state index in [1.54, 1.807) is 7.11 Å². The van der Waals surface area contributed by atoms with Gasteiger partial charge >= 0.3 is 5.97 Å². The Bertz CT molecular complexity index is 263. The largest absolute Gasteiger partial charge is 0.480 e. The predicted molar refractivity (Wildman–Crippen MR) is 60.4 cm³/mol. The van der Waals surface area contributed by atoms with E-state index in [-0.39, 0.29) is 0 Å². The summed E-state index contributed by atoms with van der Waals surface area (Å²) >= 11 is 0. The van der Waals surface area contributed by atoms with E-state index in [0.29, 0.717) is 12.1 Å². The highest BCUT2D eigenvalue weighted by Gasteiger charge is 2.45. The predicted octanol–water partition coefficient (Wildman–Crippen LogP) is 1.54. The van der Waals surface area contributed by atoms with Crippen LogP contribution in [0.25, 0.3) is 0 Å². The molecule has 4 nitrogen and oxygen atoms in total. The number of aliphatic carboxylic acids is 1. The van der Waals surface area contributed by atoms with E-state index in [0.717, 1.165) is 44.9 Å². The van der Waals surface area contributed by atoms with Crippen molar-refractivity contribution in [3.8, 4) is 0 Å². The normalized spacial score (nSPS) is 33.1. The van der Waals surface area contributed by atoms with Crippen LogP contribution in [-0.2, 0) is 9.53 Å². The molecule has 2 aliphatic carbocycles. The molecule has 4 heteroatoms. The second-order valence-corrected chi connectivity index (χ2v) is 5.11. The van der Waals surface area contributed by atoms with E-state index in [4.69, 9.17) is 4.74 Å². The number of rotatable bonds is 4. The number of ether oxygens (including phenoxy) is 1. The molecule has 0 bridgehead atoms. The molecule has 0 radical (unpaired) electrons. The van der Waals surface area contributed by atoms with Gasteiger partial charge in [-0.05, 0) is 44.9 Å². The molecule has 2 aliphatic rings. The molecule has 2 unspecified atom stereocenters. The van der Waals surface area contributed by atoms with Crippen LogP contribution in [0.3, 0.4) is 0 Å². The zero-order valence-electron chi connectivity index (χ0n) is 9.87. The Morgan fingerprint density at radius 3 is 2.62 bits per heavy atom. The van der Waals surface area contributed by atoms with Crippen LogP contribution in [0.15, 0.2) is 0 Å². The Kier molecular flexibility index (Phi) is 3.50. The van der Waals surface area contributed by atoms with Gasteiger partial charge < -0.3 is 9.84 Å². The fourth-order valence-electron chi connectivity index (χ4n) is 2.83. The van der Waals surface area contributed by atoms with Crippen molar-refractivity contribution in [1.29, 1.82) is 0 Å². The van der Waals surface area contributed by atoms with Gasteiger partial charge in [-0.1, -0.05) is 0 Å². The summed E-state index contributed by atoms with van der Waals surface area (Å²) in [5.74, 6) is -0.682. The van der Waals surface area contributed by atoms with Crippen molar-refractivity contribution in [3.63, 3.8) is 0 Å². The topological polar surface area (TPSA) is 58.6 Å². The molecule has 0 aromatic carbocycles. The summed E-state index contributed by atoms with van der Waals surface area (Å²) in [6.07, 6.45) is 7.14. The molecule has 92 valence electrons. The first kappa shape index (κ1) is 11.9. The van der Waals surface area contributed by atoms with E-state index in [1.807, 2.05) is 0 Å². The first-order valence-electron chi connectivity index (χ1n) is 6.20. The highest BCUT2D eigenvalue weighted by molar-refractivity contribution is 5.80. The van der Waals surface area contributed by atoms with E-state index in [9.17, 15) is 9.90 Å². The van der Waals surface area contributed by atoms with Crippen LogP contribution in [0.4, 0.5) is 0 Å². The molecular weight excluding hydrogens is 206 g/mol. The third kappa shape index (κ3) is 2.23. The van der Waals surface area contributed by atoms with Crippen LogP contribution in [0, 0.1) is 0 Å². The standard InChI is InChI=1S/C12H21NO3/c1-16-10-5-2-4-9(8-10)13-12(11(14)15)6-3-7-12/h9-10,13H,2-8H2,1H3,(H,14,15). The number of carbonyl (C=O) groups is 1. The van der Waals surface area contributed by atoms with Gasteiger partial charge in [0.1, 0.15) is 5.54 Å². The molecule has 0 amide bonds. The van der Waals surface area contributed by atoms with Gasteiger partial charge in [-0.15, -0.1) is 0 Å². The summed E-state index contributed by atoms with van der Waals surface area (Å²) in [5, 5.41) is 12.6. The molecule has 0 spiro atoms. The number of nitrogens with one attached hydrogen (secondary N) is 1. The van der Waals surface area contributed by atoms with Gasteiger partial charge in [-0.2, -0.15) is 0 Å². The van der Waals surface area contributed by atoms with Crippen LogP contribution in [0.1, 0.15) is 44.9 Å². The molecule has 0 aromatic rings. The van der Waals surface area contributed by atoms with Crippen LogP contribution >= 0.6 is 0 Å². The van der Waals surface area contributed by atoms with Crippen molar-refractivity contribution in [2.24, 2.45) is 0 Å². The van der Waals surface area contributed by atoms with Gasteiger partial charge in [0, 0.05) is 13.2 Å². The molecular formula is C12H21NO3. The minimum Gasteiger partial charge on any atom is -0.480 e. The minimum absolute atomic E-state index is 0.303. The number of methoxy groups -OCH3 is 1. The van der Waals surface area contributed by atoms with Gasteiger partial charge in [0.25, 0.3) is 0 Å². The summed E-state index contributed by atoms with van der Waals surface area (Å²) in [5.41, 5.74) is -0.625. The Morgan fingerprint density at radius 2 is 2.12 bits per heavy atom. The second kappa shape index (κ2) is 4.72. The third-order valence-corrected chi connectivity index (χ3v) is 4.06. The average Bonchev–Trinajstić information content (AvgIpc) is 2.23. The van der Waals surface area contributed by atoms with Gasteiger partial charge in [-0.3, -0.25) is 10.1 Å². The highest BCUT2D eigenvalue weighted by atomic mass is 16.5. The van der Waals surface area contributed by atoms with Crippen molar-refractivity contribution in [2.45, 2.75) is 62.6 Å². The maximum Gasteiger partial charge on any atom is 0.323 e. The first-order valence-corrected chi connectivity index (χ1v) is 6.20. The van der Waals surface area contributed by atoms with Crippen molar-refractivity contribution in [1.82, 2.24) is 5.32 Å². The fraction of sp³-hybridized carbons (Fsp3) is 0.917. The molecule has 0 saturated heterocycles. The summed E-state index contributed by atoms with van der Waals surface area (Å²) < 4.78 is 5.36. The molecule has 0 heterocycles. The molecule has 0 aliphatic heterocycles. The van der Waals surface area contributed by atoms with Crippen molar-refractivity contribution in [3.05, 3.63) is 0 Å². The van der Waals surface area contributed by atoms with Crippen molar-refractivity contribution >= 4 is 5.97 Å². The van der Waals surface area contributed by atoms with E-state index < -0.39 is 11.5 Å². The van der Waals surface area contributed by atoms with E-state index in [1.165, 1.54) is 0 Å². The highest BCUT2D eigenvalue weighted by Crippen LogP contribution is 2.34. The Labute approximate surface area is 96.4 Å². The second-order valence-electron chi connectivity index (χ2n) is 5.11. The van der Waals surface area contributed by atoms with Crippen LogP contribution in [-0.4, -0.2) is 35.9 Å². The van der Waals surface area contributed by atoms with Gasteiger partial charge in [0.05, 0.1) is 6.10 Å². The molecule has 2 fully saturated rings. The lowest BCUT2D eigenvalue weighted by Crippen LogP contribution is -2.61. The molecule has 2 N–H and O–H groups in total. The van der Waals surface area contributed by atoms with Gasteiger partial charge in [0.15, 0.2) is 0 Å². The Balaban J connectivity index is 1.90. The maximum atomic E-state index is 11.2. The number of hydrogen-bond acceptors (Lipinski definition) is 3. The maximum absolute atomic E-state index is 11.2. The van der Waals surface area contributed by atoms with Gasteiger partial charge in [0.2, 0.25) is 0 Å². The number of carboxylic acids is 1. The summed E-state index contributed by atoms with van der Waals surface area (Å²) in [6.45, 7) is 0. The lowest BCUT2D eigenvalue weighted by molar-refractivity contribution is -0.149. The molecule has 2 rings (SSSR count). The number of carboxylic acid groups (broad SMARTS) is 1. The lowest BCUT2D eigenvalue weighted by atomic mass is 9.75. The molecule has 2 saturated carbocycles. The molecule has 0 aromatic heterocycles. The SMILES string of the molecule is COC1CCCC(NC2(C(=O)O)CCC2)C1. The van der Waals surface area contributed by atoms with Crippen molar-refractivity contribution < 1.29 is 14.6 Å². The van der Waals surface area contributed by atoms with Crippen LogP contribution in [0.2, 0.25) is 0 Å². The third-order valence-electron chi connectivity index (χ3n) is 4.06. The van der Waals surface area contributed by atoms with E-state index in [2.05, 4.69) is 5.32 Å². The quantitative estimate of drug-likeness (QED) is 0.765. The zero-order chi connectivity index (χ0) is 11.6. The Morgan fingerprint density at radius 1 is 1.38 bits per heavy atom. The fourth-order valence-corrected chi connectivity index (χ4v) is 2.83. The smallest absolute Gasteiger partial charge is 0.323 e. The lowest BCUT2D eigenvalue weighted by Gasteiger charge is -2.43. The van der Waals surface area contributed by atoms with Gasteiger partial charge in [-0.25, -0.2) is 0 Å². The molecule has 2 atom stereocenters. The van der Waals surface area contributed by atoms with Crippen LogP contribution in [0.5, 0.6) is 0 Å². The average molecular weight is 227 g/mol. The van der Waals surface area contributed by atoms with E-state index >= 15 is 0 Å².